The molecule has 1 atom stereocenters. The molecule has 1 aromatic carbocycles. The number of ether oxygens (including phenoxy) is 2. The van der Waals surface area contributed by atoms with E-state index in [9.17, 15) is 9.90 Å². The van der Waals surface area contributed by atoms with Gasteiger partial charge in [0.2, 0.25) is 0 Å². The first-order valence-electron chi connectivity index (χ1n) is 6.23. The number of carboxylic acids is 1. The van der Waals surface area contributed by atoms with Gasteiger partial charge in [-0.25, -0.2) is 0 Å². The zero-order valence-electron chi connectivity index (χ0n) is 11.0. The Kier molecular flexibility index (Phi) is 3.83. The molecule has 1 aliphatic rings. The summed E-state index contributed by atoms with van der Waals surface area (Å²) in [5.74, 6) is 0.295. The Morgan fingerprint density at radius 1 is 1.32 bits per heavy atom. The highest BCUT2D eigenvalue weighted by molar-refractivity contribution is 5.69. The Morgan fingerprint density at radius 2 is 1.95 bits per heavy atom. The molecule has 0 heterocycles. The number of benzene rings is 1. The van der Waals surface area contributed by atoms with Gasteiger partial charge < -0.3 is 19.7 Å². The van der Waals surface area contributed by atoms with Gasteiger partial charge in [0.05, 0.1) is 20.6 Å². The second-order valence-electron chi connectivity index (χ2n) is 4.81. The lowest BCUT2D eigenvalue weighted by Gasteiger charge is -2.19. The molecule has 0 amide bonds. The number of aromatic hydroxyl groups is 1. The molecule has 5 nitrogen and oxygen atoms in total. The molecule has 2 rings (SSSR count). The molecule has 0 saturated heterocycles. The molecule has 0 aromatic heterocycles. The number of phenolic OH excluding ortho intramolecular Hbond substituents is 1. The van der Waals surface area contributed by atoms with Gasteiger partial charge in [-0.1, -0.05) is 0 Å². The summed E-state index contributed by atoms with van der Waals surface area (Å²) in [7, 11) is 2.99. The number of carboxylic acid groups (broad SMARTS) is 1. The number of carbonyl (C=O) groups is 1. The highest BCUT2D eigenvalue weighted by Gasteiger charge is 2.35. The lowest BCUT2D eigenvalue weighted by molar-refractivity contribution is -0.137. The Labute approximate surface area is 111 Å². The first-order chi connectivity index (χ1) is 9.06. The smallest absolute Gasteiger partial charge is 0.303 e. The molecule has 1 saturated carbocycles. The van der Waals surface area contributed by atoms with Crippen molar-refractivity contribution in [2.45, 2.75) is 25.2 Å². The van der Waals surface area contributed by atoms with Crippen molar-refractivity contribution in [3.05, 3.63) is 17.7 Å². The summed E-state index contributed by atoms with van der Waals surface area (Å²) in [6.45, 7) is 0. The van der Waals surface area contributed by atoms with Crippen LogP contribution >= 0.6 is 0 Å². The number of phenols is 1. The SMILES string of the molecule is COc1cc(OC)c(C(CC(=O)O)C2CC2)cc1O. The van der Waals surface area contributed by atoms with Gasteiger partial charge in [0.15, 0.2) is 11.5 Å². The van der Waals surface area contributed by atoms with Crippen molar-refractivity contribution < 1.29 is 24.5 Å². The van der Waals surface area contributed by atoms with Crippen LogP contribution in [-0.2, 0) is 4.79 Å². The van der Waals surface area contributed by atoms with Crippen molar-refractivity contribution in [1.82, 2.24) is 0 Å². The molecule has 104 valence electrons. The molecule has 1 aliphatic carbocycles. The number of hydrogen-bond donors (Lipinski definition) is 2. The second kappa shape index (κ2) is 5.38. The Balaban J connectivity index is 2.40. The lowest BCUT2D eigenvalue weighted by Crippen LogP contribution is -2.10. The molecule has 1 aromatic rings. The lowest BCUT2D eigenvalue weighted by atomic mass is 9.90. The summed E-state index contributed by atoms with van der Waals surface area (Å²) in [4.78, 5) is 11.0. The molecule has 1 fully saturated rings. The van der Waals surface area contributed by atoms with E-state index in [-0.39, 0.29) is 18.1 Å². The summed E-state index contributed by atoms with van der Waals surface area (Å²) in [5.41, 5.74) is 0.741. The zero-order chi connectivity index (χ0) is 14.0. The number of aliphatic carboxylic acids is 1. The van der Waals surface area contributed by atoms with Gasteiger partial charge in [-0.2, -0.15) is 0 Å². The van der Waals surface area contributed by atoms with Crippen LogP contribution in [0.4, 0.5) is 0 Å². The summed E-state index contributed by atoms with van der Waals surface area (Å²) in [6.07, 6.45) is 2.09. The van der Waals surface area contributed by atoms with Gasteiger partial charge in [0.1, 0.15) is 5.75 Å². The van der Waals surface area contributed by atoms with E-state index < -0.39 is 5.97 Å². The quantitative estimate of drug-likeness (QED) is 0.826. The van der Waals surface area contributed by atoms with Crippen LogP contribution in [0.5, 0.6) is 17.2 Å². The highest BCUT2D eigenvalue weighted by atomic mass is 16.5. The van der Waals surface area contributed by atoms with Crippen LogP contribution in [0, 0.1) is 5.92 Å². The molecule has 5 heteroatoms. The van der Waals surface area contributed by atoms with E-state index in [1.54, 1.807) is 12.1 Å². The van der Waals surface area contributed by atoms with Crippen LogP contribution in [0.2, 0.25) is 0 Å². The van der Waals surface area contributed by atoms with Crippen molar-refractivity contribution in [1.29, 1.82) is 0 Å². The maximum absolute atomic E-state index is 11.0. The average Bonchev–Trinajstić information content (AvgIpc) is 3.19. The maximum atomic E-state index is 11.0. The molecule has 19 heavy (non-hydrogen) atoms. The van der Waals surface area contributed by atoms with E-state index >= 15 is 0 Å². The molecule has 0 radical (unpaired) electrons. The van der Waals surface area contributed by atoms with Crippen molar-refractivity contribution in [3.63, 3.8) is 0 Å². The normalized spacial score (nSPS) is 15.9. The minimum absolute atomic E-state index is 0.00865. The first kappa shape index (κ1) is 13.5. The van der Waals surface area contributed by atoms with Crippen molar-refractivity contribution in [2.24, 2.45) is 5.92 Å². The van der Waals surface area contributed by atoms with Crippen LogP contribution < -0.4 is 9.47 Å². The molecule has 2 N–H and O–H groups in total. The van der Waals surface area contributed by atoms with E-state index in [4.69, 9.17) is 14.6 Å². The fourth-order valence-electron chi connectivity index (χ4n) is 2.41. The monoisotopic (exact) mass is 266 g/mol. The minimum atomic E-state index is -0.839. The maximum Gasteiger partial charge on any atom is 0.303 e. The highest BCUT2D eigenvalue weighted by Crippen LogP contribution is 2.49. The van der Waals surface area contributed by atoms with E-state index in [1.165, 1.54) is 14.2 Å². The zero-order valence-corrected chi connectivity index (χ0v) is 11.0. The van der Waals surface area contributed by atoms with Crippen LogP contribution in [0.15, 0.2) is 12.1 Å². The topological polar surface area (TPSA) is 76.0 Å². The molecule has 1 unspecified atom stereocenters. The molecular formula is C14H18O5. The van der Waals surface area contributed by atoms with Crippen LogP contribution in [0.25, 0.3) is 0 Å². The van der Waals surface area contributed by atoms with Gasteiger partial charge in [-0.3, -0.25) is 4.79 Å². The Hall–Kier alpha value is -1.91. The van der Waals surface area contributed by atoms with Crippen LogP contribution in [-0.4, -0.2) is 30.4 Å². The predicted octanol–water partition coefficient (Wildman–Crippen LogP) is 2.38. The third-order valence-corrected chi connectivity index (χ3v) is 3.52. The van der Waals surface area contributed by atoms with Gasteiger partial charge in [-0.05, 0) is 24.8 Å². The Morgan fingerprint density at radius 3 is 2.42 bits per heavy atom. The van der Waals surface area contributed by atoms with E-state index in [0.717, 1.165) is 18.4 Å². The van der Waals surface area contributed by atoms with Gasteiger partial charge in [0, 0.05) is 17.5 Å². The number of methoxy groups -OCH3 is 2. The summed E-state index contributed by atoms with van der Waals surface area (Å²) >= 11 is 0. The van der Waals surface area contributed by atoms with Gasteiger partial charge in [-0.15, -0.1) is 0 Å². The number of hydrogen-bond acceptors (Lipinski definition) is 4. The fraction of sp³-hybridized carbons (Fsp3) is 0.500. The average molecular weight is 266 g/mol. The molecule has 0 aliphatic heterocycles. The molecule has 0 spiro atoms. The third kappa shape index (κ3) is 2.92. The minimum Gasteiger partial charge on any atom is -0.504 e. The van der Waals surface area contributed by atoms with Crippen LogP contribution in [0.1, 0.15) is 30.7 Å². The molecule has 0 bridgehead atoms. The summed E-state index contributed by atoms with van der Waals surface area (Å²) in [5, 5.41) is 18.9. The summed E-state index contributed by atoms with van der Waals surface area (Å²) < 4.78 is 10.3. The van der Waals surface area contributed by atoms with Gasteiger partial charge in [0.25, 0.3) is 0 Å². The standard InChI is InChI=1S/C14H18O5/c1-18-12-7-13(19-2)11(15)5-10(12)9(6-14(16)17)8-3-4-8/h5,7-9,15H,3-4,6H2,1-2H3,(H,16,17). The van der Waals surface area contributed by atoms with E-state index in [0.29, 0.717) is 17.4 Å². The van der Waals surface area contributed by atoms with E-state index in [1.807, 2.05) is 0 Å². The van der Waals surface area contributed by atoms with Crippen LogP contribution in [0.3, 0.4) is 0 Å². The first-order valence-corrected chi connectivity index (χ1v) is 6.23. The largest absolute Gasteiger partial charge is 0.504 e. The molecular weight excluding hydrogens is 248 g/mol. The van der Waals surface area contributed by atoms with Crippen molar-refractivity contribution in [2.75, 3.05) is 14.2 Å². The van der Waals surface area contributed by atoms with E-state index in [2.05, 4.69) is 0 Å². The summed E-state index contributed by atoms with van der Waals surface area (Å²) in [6, 6.07) is 3.16. The fourth-order valence-corrected chi connectivity index (χ4v) is 2.41. The van der Waals surface area contributed by atoms with Gasteiger partial charge >= 0.3 is 5.97 Å². The Bertz CT molecular complexity index is 479. The van der Waals surface area contributed by atoms with Crippen molar-refractivity contribution in [3.8, 4) is 17.2 Å². The third-order valence-electron chi connectivity index (χ3n) is 3.52. The second-order valence-corrected chi connectivity index (χ2v) is 4.81. The predicted molar refractivity (Wildman–Crippen MR) is 68.9 cm³/mol. The number of rotatable bonds is 6. The van der Waals surface area contributed by atoms with Crippen molar-refractivity contribution >= 4 is 5.97 Å².